The third-order valence-corrected chi connectivity index (χ3v) is 6.79. The maximum Gasteiger partial charge on any atom is 0.270 e. The van der Waals surface area contributed by atoms with Crippen LogP contribution in [-0.2, 0) is 11.2 Å². The van der Waals surface area contributed by atoms with Gasteiger partial charge in [-0.05, 0) is 68.7 Å². The second kappa shape index (κ2) is 9.00. The van der Waals surface area contributed by atoms with E-state index in [0.717, 1.165) is 41.6 Å². The summed E-state index contributed by atoms with van der Waals surface area (Å²) in [5.74, 6) is 0.525. The second-order valence-corrected chi connectivity index (χ2v) is 8.77. The van der Waals surface area contributed by atoms with E-state index in [9.17, 15) is 9.59 Å². The summed E-state index contributed by atoms with van der Waals surface area (Å²) in [6.07, 6.45) is 5.13. The van der Waals surface area contributed by atoms with E-state index < -0.39 is 0 Å². The summed E-state index contributed by atoms with van der Waals surface area (Å²) < 4.78 is 0. The molecule has 3 N–H and O–H groups in total. The lowest BCUT2D eigenvalue weighted by atomic mass is 9.93. The van der Waals surface area contributed by atoms with Crippen LogP contribution < -0.4 is 5.32 Å². The molecular weight excluding hydrogens is 388 g/mol. The van der Waals surface area contributed by atoms with Gasteiger partial charge in [0.05, 0.1) is 0 Å². The van der Waals surface area contributed by atoms with Crippen molar-refractivity contribution in [1.29, 1.82) is 0 Å². The van der Waals surface area contributed by atoms with Crippen LogP contribution in [0.5, 0.6) is 0 Å². The molecule has 1 aliphatic heterocycles. The Bertz CT molecular complexity index is 1090. The van der Waals surface area contributed by atoms with E-state index in [1.807, 2.05) is 44.0 Å². The Hall–Kier alpha value is -3.02. The highest BCUT2D eigenvalue weighted by Crippen LogP contribution is 2.24. The van der Waals surface area contributed by atoms with Crippen molar-refractivity contribution in [1.82, 2.24) is 20.2 Å². The molecule has 31 heavy (non-hydrogen) atoms. The Balaban J connectivity index is 1.22. The molecule has 3 aromatic rings. The number of aryl methyl sites for hydroxylation is 1. The van der Waals surface area contributed by atoms with Crippen LogP contribution in [0.2, 0.25) is 0 Å². The zero-order chi connectivity index (χ0) is 22.0. The maximum atomic E-state index is 12.9. The first-order valence-electron chi connectivity index (χ1n) is 11.2. The molecule has 2 aromatic heterocycles. The molecule has 0 bridgehead atoms. The molecule has 2 amide bonds. The third kappa shape index (κ3) is 4.53. The Morgan fingerprint density at radius 2 is 1.84 bits per heavy atom. The summed E-state index contributed by atoms with van der Waals surface area (Å²) in [7, 11) is 0. The van der Waals surface area contributed by atoms with Gasteiger partial charge in [0.25, 0.3) is 5.91 Å². The zero-order valence-corrected chi connectivity index (χ0v) is 18.7. The molecule has 0 unspecified atom stereocenters. The quantitative estimate of drug-likeness (QED) is 0.563. The Morgan fingerprint density at radius 1 is 1.10 bits per heavy atom. The molecule has 0 aliphatic carbocycles. The van der Waals surface area contributed by atoms with Crippen molar-refractivity contribution in [2.75, 3.05) is 19.6 Å². The molecule has 0 saturated carbocycles. The maximum absolute atomic E-state index is 12.9. The van der Waals surface area contributed by atoms with Crippen molar-refractivity contribution >= 4 is 22.7 Å². The van der Waals surface area contributed by atoms with Gasteiger partial charge in [0, 0.05) is 48.8 Å². The Labute approximate surface area is 183 Å². The molecule has 1 fully saturated rings. The van der Waals surface area contributed by atoms with E-state index in [1.165, 1.54) is 10.9 Å². The SMILES string of the molecule is Cc1[nH]c(C(=O)N2CCC(CC(=O)NCCc3c[nH]c4ccccc34)CC2)c(C)c1C. The highest BCUT2D eigenvalue weighted by Gasteiger charge is 2.27. The number of para-hydroxylation sites is 1. The number of hydrogen-bond acceptors (Lipinski definition) is 2. The van der Waals surface area contributed by atoms with Gasteiger partial charge in [-0.25, -0.2) is 0 Å². The summed E-state index contributed by atoms with van der Waals surface area (Å²) in [6.45, 7) is 8.11. The first-order chi connectivity index (χ1) is 14.9. The first-order valence-corrected chi connectivity index (χ1v) is 11.2. The minimum Gasteiger partial charge on any atom is -0.361 e. The molecule has 1 aliphatic rings. The third-order valence-electron chi connectivity index (χ3n) is 6.79. The van der Waals surface area contributed by atoms with Gasteiger partial charge in [-0.3, -0.25) is 9.59 Å². The summed E-state index contributed by atoms with van der Waals surface area (Å²) >= 11 is 0. The number of carbonyl (C=O) groups excluding carboxylic acids is 2. The van der Waals surface area contributed by atoms with Crippen molar-refractivity contribution in [3.05, 3.63) is 58.5 Å². The average molecular weight is 421 g/mol. The lowest BCUT2D eigenvalue weighted by Gasteiger charge is -2.31. The number of amides is 2. The number of nitrogens with one attached hydrogen (secondary N) is 3. The molecule has 4 rings (SSSR count). The number of likely N-dealkylation sites (tertiary alicyclic amines) is 1. The van der Waals surface area contributed by atoms with Crippen molar-refractivity contribution in [2.24, 2.45) is 5.92 Å². The molecule has 0 radical (unpaired) electrons. The largest absolute Gasteiger partial charge is 0.361 e. The van der Waals surface area contributed by atoms with Gasteiger partial charge in [0.15, 0.2) is 0 Å². The number of aromatic amines is 2. The summed E-state index contributed by atoms with van der Waals surface area (Å²) in [6, 6.07) is 8.22. The fourth-order valence-corrected chi connectivity index (χ4v) is 4.57. The Kier molecular flexibility index (Phi) is 6.16. The molecule has 6 heteroatoms. The van der Waals surface area contributed by atoms with E-state index in [4.69, 9.17) is 0 Å². The van der Waals surface area contributed by atoms with Crippen LogP contribution in [0.4, 0.5) is 0 Å². The molecule has 1 saturated heterocycles. The van der Waals surface area contributed by atoms with Gasteiger partial charge in [0.1, 0.15) is 5.69 Å². The van der Waals surface area contributed by atoms with Crippen LogP contribution in [0.3, 0.4) is 0 Å². The molecule has 0 atom stereocenters. The van der Waals surface area contributed by atoms with Gasteiger partial charge < -0.3 is 20.2 Å². The Morgan fingerprint density at radius 3 is 2.55 bits per heavy atom. The standard InChI is InChI=1S/C25H32N4O2/c1-16-17(2)24(28-18(16)3)25(31)29-12-9-19(10-13-29)14-23(30)26-11-8-20-15-27-22-7-5-4-6-21(20)22/h4-7,15,19,27-28H,8-14H2,1-3H3,(H,26,30). The predicted molar refractivity (Wildman–Crippen MR) is 123 cm³/mol. The zero-order valence-electron chi connectivity index (χ0n) is 18.7. The van der Waals surface area contributed by atoms with Crippen molar-refractivity contribution < 1.29 is 9.59 Å². The van der Waals surface area contributed by atoms with Gasteiger partial charge in [-0.2, -0.15) is 0 Å². The summed E-state index contributed by atoms with van der Waals surface area (Å²) in [5.41, 5.74) is 6.32. The lowest BCUT2D eigenvalue weighted by molar-refractivity contribution is -0.122. The molecular formula is C25H32N4O2. The first kappa shape index (κ1) is 21.2. The van der Waals surface area contributed by atoms with Gasteiger partial charge in [0.2, 0.25) is 5.91 Å². The number of aromatic nitrogens is 2. The van der Waals surface area contributed by atoms with Crippen LogP contribution in [0.15, 0.2) is 30.5 Å². The van der Waals surface area contributed by atoms with E-state index in [2.05, 4.69) is 27.4 Å². The number of carbonyl (C=O) groups is 2. The van der Waals surface area contributed by atoms with Crippen molar-refractivity contribution in [2.45, 2.75) is 46.5 Å². The topological polar surface area (TPSA) is 81.0 Å². The number of fused-ring (bicyclic) bond motifs is 1. The van der Waals surface area contributed by atoms with Crippen LogP contribution in [0.25, 0.3) is 10.9 Å². The highest BCUT2D eigenvalue weighted by atomic mass is 16.2. The van der Waals surface area contributed by atoms with Crippen molar-refractivity contribution in [3.8, 4) is 0 Å². The number of H-pyrrole nitrogens is 2. The fourth-order valence-electron chi connectivity index (χ4n) is 4.57. The fraction of sp³-hybridized carbons (Fsp3) is 0.440. The lowest BCUT2D eigenvalue weighted by Crippen LogP contribution is -2.40. The molecule has 0 spiro atoms. The van der Waals surface area contributed by atoms with Gasteiger partial charge in [-0.15, -0.1) is 0 Å². The number of rotatable bonds is 6. The number of benzene rings is 1. The van der Waals surface area contributed by atoms with Crippen LogP contribution in [-0.4, -0.2) is 46.3 Å². The molecule has 1 aromatic carbocycles. The summed E-state index contributed by atoms with van der Waals surface area (Å²) in [4.78, 5) is 33.7. The number of hydrogen-bond donors (Lipinski definition) is 3. The van der Waals surface area contributed by atoms with E-state index >= 15 is 0 Å². The second-order valence-electron chi connectivity index (χ2n) is 8.77. The van der Waals surface area contributed by atoms with Crippen LogP contribution in [0.1, 0.15) is 52.1 Å². The normalized spacial score (nSPS) is 14.9. The average Bonchev–Trinajstić information content (AvgIpc) is 3.30. The van der Waals surface area contributed by atoms with Gasteiger partial charge in [-0.1, -0.05) is 18.2 Å². The molecule has 3 heterocycles. The smallest absolute Gasteiger partial charge is 0.270 e. The van der Waals surface area contributed by atoms with E-state index in [0.29, 0.717) is 37.7 Å². The van der Waals surface area contributed by atoms with Gasteiger partial charge >= 0.3 is 0 Å². The number of piperidine rings is 1. The minimum absolute atomic E-state index is 0.0790. The minimum atomic E-state index is 0.0790. The summed E-state index contributed by atoms with van der Waals surface area (Å²) in [5, 5.41) is 4.29. The number of nitrogens with zero attached hydrogens (tertiary/aromatic N) is 1. The monoisotopic (exact) mass is 420 g/mol. The predicted octanol–water partition coefficient (Wildman–Crippen LogP) is 4.02. The molecule has 6 nitrogen and oxygen atoms in total. The highest BCUT2D eigenvalue weighted by molar-refractivity contribution is 5.94. The van der Waals surface area contributed by atoms with E-state index in [-0.39, 0.29) is 11.8 Å². The molecule has 164 valence electrons. The van der Waals surface area contributed by atoms with E-state index in [1.54, 1.807) is 0 Å². The van der Waals surface area contributed by atoms with Crippen LogP contribution >= 0.6 is 0 Å². The van der Waals surface area contributed by atoms with Crippen molar-refractivity contribution in [3.63, 3.8) is 0 Å². The van der Waals surface area contributed by atoms with Crippen LogP contribution in [0, 0.1) is 26.7 Å².